The van der Waals surface area contributed by atoms with E-state index in [-0.39, 0.29) is 0 Å². The zero-order valence-electron chi connectivity index (χ0n) is 11.4. The SMILES string of the molecule is CCc1nc(CN2CCCC2c2cc(C)no2)cs1. The van der Waals surface area contributed by atoms with Gasteiger partial charge in [0.05, 0.1) is 22.4 Å². The van der Waals surface area contributed by atoms with Crippen molar-refractivity contribution in [1.29, 1.82) is 0 Å². The van der Waals surface area contributed by atoms with Crippen LogP contribution in [0.3, 0.4) is 0 Å². The molecule has 1 fully saturated rings. The summed E-state index contributed by atoms with van der Waals surface area (Å²) in [5.41, 5.74) is 2.15. The monoisotopic (exact) mass is 277 g/mol. The minimum atomic E-state index is 0.368. The first-order chi connectivity index (χ1) is 9.26. The minimum absolute atomic E-state index is 0.368. The quantitative estimate of drug-likeness (QED) is 0.859. The molecule has 1 saturated heterocycles. The maximum Gasteiger partial charge on any atom is 0.154 e. The largest absolute Gasteiger partial charge is 0.359 e. The lowest BCUT2D eigenvalue weighted by molar-refractivity contribution is 0.205. The summed E-state index contributed by atoms with van der Waals surface area (Å²) in [4.78, 5) is 7.11. The Hall–Kier alpha value is -1.20. The van der Waals surface area contributed by atoms with Crippen LogP contribution in [0.4, 0.5) is 0 Å². The standard InChI is InChI=1S/C14H19N3OS/c1-3-14-15-11(9-19-14)8-17-6-4-5-12(17)13-7-10(2)16-18-13/h7,9,12H,3-6,8H2,1-2H3. The highest BCUT2D eigenvalue weighted by Crippen LogP contribution is 2.33. The number of hydrogen-bond donors (Lipinski definition) is 0. The normalized spacial score (nSPS) is 20.2. The molecule has 19 heavy (non-hydrogen) atoms. The summed E-state index contributed by atoms with van der Waals surface area (Å²) in [6.07, 6.45) is 3.39. The van der Waals surface area contributed by atoms with Gasteiger partial charge in [0.2, 0.25) is 0 Å². The first kappa shape index (κ1) is 12.8. The van der Waals surface area contributed by atoms with Gasteiger partial charge in [0.15, 0.2) is 5.76 Å². The highest BCUT2D eigenvalue weighted by molar-refractivity contribution is 7.09. The molecule has 2 aromatic heterocycles. The molecule has 3 rings (SSSR count). The van der Waals surface area contributed by atoms with Crippen molar-refractivity contribution in [3.8, 4) is 0 Å². The van der Waals surface area contributed by atoms with E-state index in [1.165, 1.54) is 17.1 Å². The fraction of sp³-hybridized carbons (Fsp3) is 0.571. The maximum atomic E-state index is 5.43. The summed E-state index contributed by atoms with van der Waals surface area (Å²) >= 11 is 1.76. The number of rotatable bonds is 4. The van der Waals surface area contributed by atoms with Crippen LogP contribution in [0.15, 0.2) is 16.0 Å². The molecule has 5 heteroatoms. The van der Waals surface area contributed by atoms with Gasteiger partial charge < -0.3 is 4.52 Å². The van der Waals surface area contributed by atoms with Gasteiger partial charge in [-0.25, -0.2) is 4.98 Å². The fourth-order valence-electron chi connectivity index (χ4n) is 2.67. The Morgan fingerprint density at radius 3 is 3.11 bits per heavy atom. The summed E-state index contributed by atoms with van der Waals surface area (Å²) < 4.78 is 5.43. The van der Waals surface area contributed by atoms with Crippen LogP contribution in [0.25, 0.3) is 0 Å². The van der Waals surface area contributed by atoms with Crippen molar-refractivity contribution >= 4 is 11.3 Å². The topological polar surface area (TPSA) is 42.2 Å². The smallest absolute Gasteiger partial charge is 0.154 e. The number of nitrogens with zero attached hydrogens (tertiary/aromatic N) is 3. The molecule has 1 atom stereocenters. The highest BCUT2D eigenvalue weighted by Gasteiger charge is 2.29. The maximum absolute atomic E-state index is 5.43. The third-order valence-corrected chi connectivity index (χ3v) is 4.65. The van der Waals surface area contributed by atoms with E-state index in [0.29, 0.717) is 6.04 Å². The molecule has 1 unspecified atom stereocenters. The lowest BCUT2D eigenvalue weighted by Gasteiger charge is -2.21. The van der Waals surface area contributed by atoms with E-state index >= 15 is 0 Å². The Labute approximate surface area is 117 Å². The number of aromatic nitrogens is 2. The molecule has 0 aliphatic carbocycles. The summed E-state index contributed by atoms with van der Waals surface area (Å²) in [5.74, 6) is 1.00. The second kappa shape index (κ2) is 5.43. The number of hydrogen-bond acceptors (Lipinski definition) is 5. The summed E-state index contributed by atoms with van der Waals surface area (Å²) in [6, 6.07) is 2.43. The molecule has 3 heterocycles. The van der Waals surface area contributed by atoms with Crippen LogP contribution in [-0.2, 0) is 13.0 Å². The van der Waals surface area contributed by atoms with Crippen LogP contribution < -0.4 is 0 Å². The molecule has 0 saturated carbocycles. The molecule has 102 valence electrons. The average molecular weight is 277 g/mol. The molecule has 0 aromatic carbocycles. The Kier molecular flexibility index (Phi) is 3.66. The van der Waals surface area contributed by atoms with E-state index in [9.17, 15) is 0 Å². The van der Waals surface area contributed by atoms with Crippen LogP contribution in [0, 0.1) is 6.92 Å². The Balaban J connectivity index is 1.72. The third kappa shape index (κ3) is 2.72. The van der Waals surface area contributed by atoms with Crippen molar-refractivity contribution in [2.45, 2.75) is 45.7 Å². The molecular formula is C14H19N3OS. The summed E-state index contributed by atoms with van der Waals surface area (Å²) in [5, 5.41) is 7.41. The van der Waals surface area contributed by atoms with Crippen molar-refractivity contribution in [2.24, 2.45) is 0 Å². The van der Waals surface area contributed by atoms with Gasteiger partial charge in [0.1, 0.15) is 0 Å². The summed E-state index contributed by atoms with van der Waals surface area (Å²) in [7, 11) is 0. The second-order valence-electron chi connectivity index (χ2n) is 5.09. The molecule has 0 spiro atoms. The first-order valence-electron chi connectivity index (χ1n) is 6.87. The van der Waals surface area contributed by atoms with Crippen LogP contribution in [0.1, 0.15) is 48.0 Å². The van der Waals surface area contributed by atoms with Gasteiger partial charge in [-0.05, 0) is 32.7 Å². The van der Waals surface area contributed by atoms with Crippen molar-refractivity contribution in [3.05, 3.63) is 33.6 Å². The Bertz CT molecular complexity index is 548. The molecule has 1 aliphatic heterocycles. The minimum Gasteiger partial charge on any atom is -0.359 e. The molecule has 0 bridgehead atoms. The van der Waals surface area contributed by atoms with Crippen LogP contribution in [-0.4, -0.2) is 21.6 Å². The molecule has 2 aromatic rings. The van der Waals surface area contributed by atoms with Crippen molar-refractivity contribution in [3.63, 3.8) is 0 Å². The summed E-state index contributed by atoms with van der Waals surface area (Å²) in [6.45, 7) is 6.16. The zero-order valence-corrected chi connectivity index (χ0v) is 12.2. The van der Waals surface area contributed by atoms with Gasteiger partial charge in [-0.15, -0.1) is 11.3 Å². The van der Waals surface area contributed by atoms with E-state index in [2.05, 4.69) is 33.4 Å². The molecule has 1 aliphatic rings. The van der Waals surface area contributed by atoms with Crippen molar-refractivity contribution in [2.75, 3.05) is 6.54 Å². The predicted octanol–water partition coefficient (Wildman–Crippen LogP) is 3.34. The van der Waals surface area contributed by atoms with Crippen molar-refractivity contribution in [1.82, 2.24) is 15.0 Å². The number of likely N-dealkylation sites (tertiary alicyclic amines) is 1. The molecule has 4 nitrogen and oxygen atoms in total. The van der Waals surface area contributed by atoms with Gasteiger partial charge in [-0.3, -0.25) is 4.90 Å². The lowest BCUT2D eigenvalue weighted by atomic mass is 10.1. The highest BCUT2D eigenvalue weighted by atomic mass is 32.1. The predicted molar refractivity (Wildman–Crippen MR) is 75.1 cm³/mol. The van der Waals surface area contributed by atoms with Gasteiger partial charge in [-0.1, -0.05) is 12.1 Å². The zero-order chi connectivity index (χ0) is 13.2. The van der Waals surface area contributed by atoms with Crippen LogP contribution >= 0.6 is 11.3 Å². The first-order valence-corrected chi connectivity index (χ1v) is 7.74. The van der Waals surface area contributed by atoms with E-state index in [1.807, 2.05) is 6.92 Å². The van der Waals surface area contributed by atoms with Crippen LogP contribution in [0.5, 0.6) is 0 Å². The fourth-order valence-corrected chi connectivity index (χ4v) is 3.41. The van der Waals surface area contributed by atoms with Gasteiger partial charge in [-0.2, -0.15) is 0 Å². The van der Waals surface area contributed by atoms with Gasteiger partial charge in [0.25, 0.3) is 0 Å². The van der Waals surface area contributed by atoms with E-state index in [4.69, 9.17) is 4.52 Å². The van der Waals surface area contributed by atoms with Gasteiger partial charge >= 0.3 is 0 Å². The molecule has 0 N–H and O–H groups in total. The average Bonchev–Trinajstić information content (AvgIpc) is 3.10. The molecular weight excluding hydrogens is 258 g/mol. The molecule has 0 radical (unpaired) electrons. The van der Waals surface area contributed by atoms with E-state index < -0.39 is 0 Å². The number of aryl methyl sites for hydroxylation is 2. The van der Waals surface area contributed by atoms with E-state index in [1.54, 1.807) is 11.3 Å². The number of thiazole rings is 1. The molecule has 0 amide bonds. The Morgan fingerprint density at radius 1 is 1.53 bits per heavy atom. The van der Waals surface area contributed by atoms with Crippen LogP contribution in [0.2, 0.25) is 0 Å². The Morgan fingerprint density at radius 2 is 2.42 bits per heavy atom. The third-order valence-electron chi connectivity index (χ3n) is 3.61. The second-order valence-corrected chi connectivity index (χ2v) is 6.03. The van der Waals surface area contributed by atoms with Crippen molar-refractivity contribution < 1.29 is 4.52 Å². The van der Waals surface area contributed by atoms with Gasteiger partial charge in [0, 0.05) is 18.0 Å². The van der Waals surface area contributed by atoms with E-state index in [0.717, 1.165) is 37.4 Å². The lowest BCUT2D eigenvalue weighted by Crippen LogP contribution is -2.22.